The first-order chi connectivity index (χ1) is 29.9. The van der Waals surface area contributed by atoms with Crippen LogP contribution in [0.2, 0.25) is 0 Å². The quantitative estimate of drug-likeness (QED) is 0.161. The fourth-order valence-electron chi connectivity index (χ4n) is 11.9. The number of rotatable bonds is 2. The SMILES string of the molecule is CC(C)(C)c1ccc(N2c3cc4c(cc3B3c5c(cc6ccccc6c52)-c2cccc5c6c(n3c25)C(C)(C)c2ccccc2-6)C(C)(C)c2ccccc2S4)c(-c2ccccc2)c1. The Balaban J connectivity index is 1.22. The highest BCUT2D eigenvalue weighted by Crippen LogP contribution is 2.58. The van der Waals surface area contributed by atoms with Gasteiger partial charge >= 0.3 is 6.85 Å². The zero-order valence-corrected chi connectivity index (χ0v) is 37.2. The Hall–Kier alpha value is -6.23. The Labute approximate surface area is 369 Å². The summed E-state index contributed by atoms with van der Waals surface area (Å²) < 4.78 is 2.82. The number of aromatic nitrogens is 1. The van der Waals surface area contributed by atoms with Crippen molar-refractivity contribution in [2.75, 3.05) is 4.90 Å². The Kier molecular flexibility index (Phi) is 7.19. The Bertz CT molecular complexity index is 3440. The molecule has 0 bridgehead atoms. The summed E-state index contributed by atoms with van der Waals surface area (Å²) in [4.78, 5) is 5.36. The predicted molar refractivity (Wildman–Crippen MR) is 264 cm³/mol. The standard InChI is InChI=1S/C58H47BN2S/c1-56(2,3)36-28-29-47(41(31-36)34-18-9-8-10-19-34)60-48-33-50-45(57(4,5)44-26-15-16-27-49(44)62-50)32-46(48)59-52-42(30-35-20-11-12-21-37(35)54(52)60)38-23-17-24-40-51-39-22-13-14-25-43(39)58(6,7)55(51)61(59)53(38)40/h8-33H,1-7H3. The minimum atomic E-state index is -0.209. The lowest BCUT2D eigenvalue weighted by molar-refractivity contribution is 0.590. The van der Waals surface area contributed by atoms with Crippen molar-refractivity contribution in [3.8, 4) is 33.4 Å². The molecule has 4 heterocycles. The molecule has 298 valence electrons. The fourth-order valence-corrected chi connectivity index (χ4v) is 13.3. The van der Waals surface area contributed by atoms with Crippen LogP contribution in [-0.2, 0) is 16.2 Å². The molecule has 0 unspecified atom stereocenters. The molecule has 4 heteroatoms. The van der Waals surface area contributed by atoms with Crippen LogP contribution in [0.4, 0.5) is 17.1 Å². The third kappa shape index (κ3) is 4.63. The van der Waals surface area contributed by atoms with Crippen molar-refractivity contribution in [1.29, 1.82) is 0 Å². The summed E-state index contributed by atoms with van der Waals surface area (Å²) in [6.45, 7) is 16.7. The molecule has 0 saturated heterocycles. The normalized spacial score (nSPS) is 15.8. The summed E-state index contributed by atoms with van der Waals surface area (Å²) in [5, 5.41) is 3.89. The average molecular weight is 815 g/mol. The highest BCUT2D eigenvalue weighted by Gasteiger charge is 2.50. The lowest BCUT2D eigenvalue weighted by atomic mass is 9.44. The van der Waals surface area contributed by atoms with Crippen LogP contribution in [-0.4, -0.2) is 11.3 Å². The molecule has 0 amide bonds. The molecule has 0 atom stereocenters. The minimum Gasteiger partial charge on any atom is -0.378 e. The second-order valence-corrected chi connectivity index (χ2v) is 21.2. The van der Waals surface area contributed by atoms with Crippen LogP contribution in [0.1, 0.15) is 76.4 Å². The van der Waals surface area contributed by atoms with Gasteiger partial charge in [-0.05, 0) is 91.0 Å². The van der Waals surface area contributed by atoms with Gasteiger partial charge in [-0.2, -0.15) is 0 Å². The van der Waals surface area contributed by atoms with E-state index in [0.29, 0.717) is 0 Å². The predicted octanol–water partition coefficient (Wildman–Crippen LogP) is 14.3. The monoisotopic (exact) mass is 814 g/mol. The summed E-state index contributed by atoms with van der Waals surface area (Å²) in [7, 11) is 0. The van der Waals surface area contributed by atoms with Gasteiger partial charge in [0.05, 0.1) is 11.4 Å². The summed E-state index contributed by atoms with van der Waals surface area (Å²) in [5.41, 5.74) is 22.3. The van der Waals surface area contributed by atoms with Crippen molar-refractivity contribution in [2.24, 2.45) is 0 Å². The van der Waals surface area contributed by atoms with E-state index in [9.17, 15) is 0 Å². The third-order valence-corrected chi connectivity index (χ3v) is 16.0. The van der Waals surface area contributed by atoms with Crippen molar-refractivity contribution >= 4 is 68.3 Å². The van der Waals surface area contributed by atoms with Gasteiger partial charge in [0.1, 0.15) is 0 Å². The van der Waals surface area contributed by atoms with Crippen LogP contribution in [0.15, 0.2) is 168 Å². The van der Waals surface area contributed by atoms with Gasteiger partial charge in [-0.1, -0.05) is 188 Å². The molecule has 3 aliphatic heterocycles. The second kappa shape index (κ2) is 12.2. The first kappa shape index (κ1) is 36.4. The molecular formula is C58H47BN2S. The van der Waals surface area contributed by atoms with Crippen molar-refractivity contribution in [1.82, 2.24) is 4.48 Å². The van der Waals surface area contributed by atoms with Crippen molar-refractivity contribution in [2.45, 2.75) is 74.5 Å². The smallest absolute Gasteiger partial charge is 0.332 e. The largest absolute Gasteiger partial charge is 0.378 e. The van der Waals surface area contributed by atoms with E-state index in [1.165, 1.54) is 121 Å². The molecular weight excluding hydrogens is 768 g/mol. The van der Waals surface area contributed by atoms with Gasteiger partial charge in [-0.25, -0.2) is 0 Å². The maximum absolute atomic E-state index is 2.82. The van der Waals surface area contributed by atoms with Crippen LogP contribution in [0.3, 0.4) is 0 Å². The van der Waals surface area contributed by atoms with Crippen molar-refractivity contribution < 1.29 is 0 Å². The Morgan fingerprint density at radius 1 is 0.532 bits per heavy atom. The van der Waals surface area contributed by atoms with E-state index in [0.717, 1.165) is 0 Å². The molecule has 0 radical (unpaired) electrons. The molecule has 62 heavy (non-hydrogen) atoms. The lowest BCUT2D eigenvalue weighted by Gasteiger charge is -2.44. The first-order valence-electron chi connectivity index (χ1n) is 22.2. The lowest BCUT2D eigenvalue weighted by Crippen LogP contribution is -2.58. The molecule has 2 nitrogen and oxygen atoms in total. The maximum atomic E-state index is 2.82. The van der Waals surface area contributed by atoms with Crippen molar-refractivity contribution in [3.63, 3.8) is 0 Å². The van der Waals surface area contributed by atoms with E-state index < -0.39 is 0 Å². The highest BCUT2D eigenvalue weighted by molar-refractivity contribution is 7.99. The zero-order valence-electron chi connectivity index (χ0n) is 36.4. The van der Waals surface area contributed by atoms with Crippen LogP contribution in [0, 0.1) is 0 Å². The first-order valence-corrected chi connectivity index (χ1v) is 23.0. The Morgan fingerprint density at radius 3 is 2.06 bits per heavy atom. The van der Waals surface area contributed by atoms with E-state index in [4.69, 9.17) is 0 Å². The van der Waals surface area contributed by atoms with E-state index in [2.05, 4.69) is 216 Å². The molecule has 1 aromatic heterocycles. The summed E-state index contributed by atoms with van der Waals surface area (Å²) in [6.07, 6.45) is 0. The maximum Gasteiger partial charge on any atom is 0.332 e. The van der Waals surface area contributed by atoms with Gasteiger partial charge in [0.15, 0.2) is 0 Å². The number of hydrogen-bond donors (Lipinski definition) is 0. The van der Waals surface area contributed by atoms with Gasteiger partial charge < -0.3 is 9.38 Å². The number of benzene rings is 8. The summed E-state index contributed by atoms with van der Waals surface area (Å²) in [6, 6.07) is 60.6. The molecule has 0 fully saturated rings. The fraction of sp³-hybridized carbons (Fsp3) is 0.172. The van der Waals surface area contributed by atoms with E-state index in [-0.39, 0.29) is 23.1 Å². The van der Waals surface area contributed by atoms with Gasteiger partial charge in [-0.3, -0.25) is 0 Å². The second-order valence-electron chi connectivity index (χ2n) is 20.1. The molecule has 13 rings (SSSR count). The van der Waals surface area contributed by atoms with E-state index >= 15 is 0 Å². The molecule has 0 N–H and O–H groups in total. The number of fused-ring (bicyclic) bond motifs is 13. The van der Waals surface area contributed by atoms with Gasteiger partial charge in [0.2, 0.25) is 0 Å². The molecule has 9 aromatic rings. The third-order valence-electron chi connectivity index (χ3n) is 14.9. The zero-order chi connectivity index (χ0) is 42.0. The van der Waals surface area contributed by atoms with Crippen LogP contribution < -0.4 is 15.8 Å². The topological polar surface area (TPSA) is 8.17 Å². The van der Waals surface area contributed by atoms with Crippen molar-refractivity contribution in [3.05, 3.63) is 186 Å². The number of para-hydroxylation sites is 1. The molecule has 0 spiro atoms. The number of anilines is 3. The van der Waals surface area contributed by atoms with E-state index in [1.54, 1.807) is 0 Å². The minimum absolute atomic E-state index is 0.0193. The van der Waals surface area contributed by atoms with E-state index in [1.807, 2.05) is 11.8 Å². The highest BCUT2D eigenvalue weighted by atomic mass is 32.2. The van der Waals surface area contributed by atoms with Gasteiger partial charge in [-0.15, -0.1) is 0 Å². The molecule has 4 aliphatic rings. The molecule has 0 saturated carbocycles. The number of nitrogens with zero attached hydrogens (tertiary/aromatic N) is 2. The molecule has 1 aliphatic carbocycles. The van der Waals surface area contributed by atoms with Gasteiger partial charge in [0.25, 0.3) is 0 Å². The Morgan fingerprint density at radius 2 is 1.24 bits per heavy atom. The van der Waals surface area contributed by atoms with Crippen LogP contribution in [0.25, 0.3) is 55.1 Å². The summed E-state index contributed by atoms with van der Waals surface area (Å²) >= 11 is 1.93. The van der Waals surface area contributed by atoms with Gasteiger partial charge in [0, 0.05) is 65.0 Å². The van der Waals surface area contributed by atoms with Crippen LogP contribution >= 0.6 is 11.8 Å². The number of hydrogen-bond acceptors (Lipinski definition) is 2. The average Bonchev–Trinajstić information content (AvgIpc) is 3.75. The van der Waals surface area contributed by atoms with Crippen LogP contribution in [0.5, 0.6) is 0 Å². The molecule has 8 aromatic carbocycles. The summed E-state index contributed by atoms with van der Waals surface area (Å²) in [5.74, 6) is 0.